The Morgan fingerprint density at radius 1 is 0.967 bits per heavy atom. The summed E-state index contributed by atoms with van der Waals surface area (Å²) in [7, 11) is -3.69. The minimum atomic E-state index is -3.69. The quantitative estimate of drug-likeness (QED) is 0.336. The summed E-state index contributed by atoms with van der Waals surface area (Å²) >= 11 is 0. The molecule has 0 aromatic heterocycles. The summed E-state index contributed by atoms with van der Waals surface area (Å²) in [5.41, 5.74) is 0.380. The van der Waals surface area contributed by atoms with E-state index in [1.807, 2.05) is 13.8 Å². The van der Waals surface area contributed by atoms with E-state index in [0.717, 1.165) is 6.08 Å². The van der Waals surface area contributed by atoms with Crippen LogP contribution >= 0.6 is 0 Å². The first-order valence-electron chi connectivity index (χ1n) is 9.58. The second-order valence-electron chi connectivity index (χ2n) is 6.51. The largest absolute Gasteiger partial charge is 0.384 e. The van der Waals surface area contributed by atoms with Crippen LogP contribution in [-0.4, -0.2) is 37.8 Å². The van der Waals surface area contributed by atoms with Gasteiger partial charge in [0.25, 0.3) is 0 Å². The van der Waals surface area contributed by atoms with Crippen LogP contribution in [0.2, 0.25) is 0 Å². The minimum Gasteiger partial charge on any atom is -0.384 e. The number of benzene rings is 2. The Labute approximate surface area is 176 Å². The average Bonchev–Trinajstić information content (AvgIpc) is 2.74. The molecule has 0 aliphatic carbocycles. The Balaban J connectivity index is 2.11. The highest BCUT2D eigenvalue weighted by Gasteiger charge is 2.24. The Hall–Kier alpha value is -2.84. The van der Waals surface area contributed by atoms with Crippen molar-refractivity contribution in [3.8, 4) is 0 Å². The van der Waals surface area contributed by atoms with E-state index >= 15 is 0 Å². The summed E-state index contributed by atoms with van der Waals surface area (Å²) in [6.45, 7) is 4.56. The zero-order valence-electron chi connectivity index (χ0n) is 16.9. The number of sulfonamides is 1. The molecule has 2 aromatic rings. The van der Waals surface area contributed by atoms with Crippen LogP contribution in [0.25, 0.3) is 6.08 Å². The molecule has 0 radical (unpaired) electrons. The number of hydrogen-bond acceptors (Lipinski definition) is 5. The second kappa shape index (κ2) is 10.8. The van der Waals surface area contributed by atoms with Gasteiger partial charge in [0, 0.05) is 13.1 Å². The monoisotopic (exact) mass is 433 g/mol. The lowest BCUT2D eigenvalue weighted by atomic mass is 10.2. The molecule has 2 rings (SSSR count). The van der Waals surface area contributed by atoms with Gasteiger partial charge in [-0.25, -0.2) is 18.0 Å². The van der Waals surface area contributed by atoms with E-state index in [-0.39, 0.29) is 10.5 Å². The van der Waals surface area contributed by atoms with Gasteiger partial charge in [-0.3, -0.25) is 0 Å². The first-order chi connectivity index (χ1) is 14.3. The molecule has 0 N–H and O–H groups in total. The predicted molar refractivity (Wildman–Crippen MR) is 112 cm³/mol. The van der Waals surface area contributed by atoms with Crippen LogP contribution in [0, 0.1) is 0 Å². The molecule has 0 saturated carbocycles. The summed E-state index contributed by atoms with van der Waals surface area (Å²) in [5.74, 6) is -3.71. The normalized spacial score (nSPS) is 12.1. The van der Waals surface area contributed by atoms with Gasteiger partial charge < -0.3 is 4.74 Å². The third kappa shape index (κ3) is 6.08. The molecular formula is C22H24FNO5S. The topological polar surface area (TPSA) is 80.8 Å². The fourth-order valence-corrected chi connectivity index (χ4v) is 4.33. The van der Waals surface area contributed by atoms with E-state index < -0.39 is 27.8 Å². The van der Waals surface area contributed by atoms with Crippen LogP contribution in [0.15, 0.2) is 65.3 Å². The number of rotatable bonds is 9. The third-order valence-corrected chi connectivity index (χ3v) is 6.06. The number of carbonyl (C=O) groups is 2. The summed E-state index contributed by atoms with van der Waals surface area (Å²) in [4.78, 5) is 23.9. The van der Waals surface area contributed by atoms with Crippen molar-refractivity contribution in [2.75, 3.05) is 13.1 Å². The van der Waals surface area contributed by atoms with Gasteiger partial charge in [-0.2, -0.15) is 8.70 Å². The van der Waals surface area contributed by atoms with Gasteiger partial charge in [-0.05, 0) is 48.7 Å². The number of carbonyl (C=O) groups excluding carboxylic acids is 2. The summed E-state index contributed by atoms with van der Waals surface area (Å²) in [6.07, 6.45) is 2.31. The first-order valence-corrected chi connectivity index (χ1v) is 11.0. The Morgan fingerprint density at radius 2 is 1.53 bits per heavy atom. The lowest BCUT2D eigenvalue weighted by Crippen LogP contribution is -2.32. The van der Waals surface area contributed by atoms with E-state index in [1.165, 1.54) is 28.6 Å². The van der Waals surface area contributed by atoms with E-state index in [2.05, 4.69) is 4.74 Å². The van der Waals surface area contributed by atoms with Crippen LogP contribution in [0.4, 0.5) is 4.39 Å². The number of hydrogen-bond donors (Lipinski definition) is 0. The molecule has 0 heterocycles. The van der Waals surface area contributed by atoms with Crippen molar-refractivity contribution in [3.63, 3.8) is 0 Å². The van der Waals surface area contributed by atoms with Gasteiger partial charge in [0.05, 0.1) is 10.5 Å². The molecule has 0 unspecified atom stereocenters. The fraction of sp³-hybridized carbons (Fsp3) is 0.273. The lowest BCUT2D eigenvalue weighted by Gasteiger charge is -2.21. The minimum absolute atomic E-state index is 0.0300. The molecule has 6 nitrogen and oxygen atoms in total. The van der Waals surface area contributed by atoms with Gasteiger partial charge in [0.2, 0.25) is 15.9 Å². The Morgan fingerprint density at radius 3 is 2.07 bits per heavy atom. The summed E-state index contributed by atoms with van der Waals surface area (Å²) < 4.78 is 45.3. The molecule has 160 valence electrons. The maximum absolute atomic E-state index is 14.0. The van der Waals surface area contributed by atoms with Crippen molar-refractivity contribution >= 4 is 28.0 Å². The molecular weight excluding hydrogens is 409 g/mol. The first kappa shape index (κ1) is 23.4. The van der Waals surface area contributed by atoms with E-state index in [9.17, 15) is 22.4 Å². The molecule has 0 spiro atoms. The van der Waals surface area contributed by atoms with Crippen molar-refractivity contribution in [1.82, 2.24) is 4.31 Å². The molecule has 0 aliphatic rings. The number of ether oxygens (including phenoxy) is 1. The van der Waals surface area contributed by atoms with E-state index in [0.29, 0.717) is 31.5 Å². The standard InChI is InChI=1S/C22H24FNO5S/c1-3-14-24(15-4-2)30(27,28)19-12-10-18(11-13-19)21(25)29-22(26)20(23)16-17-8-6-5-7-9-17/h5-13,16H,3-4,14-15H2,1-2H3/b20-16-. The molecule has 0 amide bonds. The zero-order valence-corrected chi connectivity index (χ0v) is 17.7. The van der Waals surface area contributed by atoms with Crippen molar-refractivity contribution in [2.24, 2.45) is 0 Å². The summed E-state index contributed by atoms with van der Waals surface area (Å²) in [5, 5.41) is 0. The third-order valence-electron chi connectivity index (χ3n) is 4.15. The van der Waals surface area contributed by atoms with Crippen LogP contribution in [0.5, 0.6) is 0 Å². The molecule has 0 fully saturated rings. The van der Waals surface area contributed by atoms with Crippen LogP contribution in [-0.2, 0) is 19.6 Å². The Bertz CT molecular complexity index is 996. The van der Waals surface area contributed by atoms with Crippen molar-refractivity contribution < 1.29 is 27.1 Å². The average molecular weight is 434 g/mol. The second-order valence-corrected chi connectivity index (χ2v) is 8.45. The molecule has 0 bridgehead atoms. The van der Waals surface area contributed by atoms with Crippen LogP contribution in [0.3, 0.4) is 0 Å². The number of nitrogens with zero attached hydrogens (tertiary/aromatic N) is 1. The van der Waals surface area contributed by atoms with Crippen molar-refractivity contribution in [3.05, 3.63) is 71.6 Å². The fourth-order valence-electron chi connectivity index (χ4n) is 2.71. The molecule has 0 atom stereocenters. The molecule has 30 heavy (non-hydrogen) atoms. The zero-order chi connectivity index (χ0) is 22.1. The SMILES string of the molecule is CCCN(CCC)S(=O)(=O)c1ccc(C(=O)OC(=O)/C(F)=C/c2ccccc2)cc1. The highest BCUT2D eigenvalue weighted by atomic mass is 32.2. The molecule has 2 aromatic carbocycles. The highest BCUT2D eigenvalue weighted by molar-refractivity contribution is 7.89. The van der Waals surface area contributed by atoms with Gasteiger partial charge in [0.15, 0.2) is 0 Å². The predicted octanol–water partition coefficient (Wildman–Crippen LogP) is 4.19. The Kier molecular flexibility index (Phi) is 8.44. The maximum Gasteiger partial charge on any atom is 0.375 e. The number of esters is 2. The molecule has 8 heteroatoms. The number of halogens is 1. The lowest BCUT2D eigenvalue weighted by molar-refractivity contribution is -0.135. The highest BCUT2D eigenvalue weighted by Crippen LogP contribution is 2.18. The van der Waals surface area contributed by atoms with E-state index in [4.69, 9.17) is 0 Å². The van der Waals surface area contributed by atoms with E-state index in [1.54, 1.807) is 30.3 Å². The van der Waals surface area contributed by atoms with Crippen LogP contribution < -0.4 is 0 Å². The van der Waals surface area contributed by atoms with Crippen LogP contribution in [0.1, 0.15) is 42.6 Å². The summed E-state index contributed by atoms with van der Waals surface area (Å²) in [6, 6.07) is 13.3. The van der Waals surface area contributed by atoms with Gasteiger partial charge in [-0.15, -0.1) is 0 Å². The van der Waals surface area contributed by atoms with Crippen molar-refractivity contribution in [2.45, 2.75) is 31.6 Å². The molecule has 0 aliphatic heterocycles. The van der Waals surface area contributed by atoms with Gasteiger partial charge >= 0.3 is 11.9 Å². The maximum atomic E-state index is 14.0. The van der Waals surface area contributed by atoms with Gasteiger partial charge in [0.1, 0.15) is 0 Å². The van der Waals surface area contributed by atoms with Gasteiger partial charge in [-0.1, -0.05) is 44.2 Å². The smallest absolute Gasteiger partial charge is 0.375 e. The van der Waals surface area contributed by atoms with Crippen molar-refractivity contribution in [1.29, 1.82) is 0 Å². The molecule has 0 saturated heterocycles.